The highest BCUT2D eigenvalue weighted by Crippen LogP contribution is 2.42. The van der Waals surface area contributed by atoms with Crippen LogP contribution in [0.4, 0.5) is 15.8 Å². The van der Waals surface area contributed by atoms with E-state index >= 15 is 4.39 Å². The van der Waals surface area contributed by atoms with Gasteiger partial charge >= 0.3 is 0 Å². The number of anilines is 2. The Bertz CT molecular complexity index is 1260. The van der Waals surface area contributed by atoms with E-state index in [9.17, 15) is 0 Å². The smallest absolute Gasteiger partial charge is 0.167 e. The van der Waals surface area contributed by atoms with Gasteiger partial charge in [0.05, 0.1) is 14.2 Å². The lowest BCUT2D eigenvalue weighted by atomic mass is 9.79. The van der Waals surface area contributed by atoms with Crippen LogP contribution in [0, 0.1) is 5.82 Å². The molecule has 0 N–H and O–H groups in total. The summed E-state index contributed by atoms with van der Waals surface area (Å²) in [6.45, 7) is 6.37. The fraction of sp³-hybridized carbons (Fsp3) is 0.455. The Balaban J connectivity index is 1.36. The van der Waals surface area contributed by atoms with Crippen LogP contribution in [0.5, 0.6) is 17.2 Å². The quantitative estimate of drug-likeness (QED) is 0.277. The van der Waals surface area contributed by atoms with Crippen molar-refractivity contribution >= 4 is 11.4 Å². The van der Waals surface area contributed by atoms with Gasteiger partial charge in [0.25, 0.3) is 0 Å². The van der Waals surface area contributed by atoms with Gasteiger partial charge in [-0.2, -0.15) is 0 Å². The third-order valence-corrected chi connectivity index (χ3v) is 8.27. The molecule has 1 atom stereocenters. The average molecular weight is 533 g/mol. The molecule has 208 valence electrons. The molecule has 0 aromatic heterocycles. The van der Waals surface area contributed by atoms with Gasteiger partial charge in [-0.05, 0) is 105 Å². The fourth-order valence-corrected chi connectivity index (χ4v) is 6.09. The molecule has 1 aliphatic heterocycles. The number of benzene rings is 3. The molecule has 0 bridgehead atoms. The average Bonchev–Trinajstić information content (AvgIpc) is 2.98. The molecule has 0 radical (unpaired) electrons. The topological polar surface area (TPSA) is 34.2 Å². The first-order valence-corrected chi connectivity index (χ1v) is 14.4. The molecule has 0 saturated carbocycles. The van der Waals surface area contributed by atoms with Crippen molar-refractivity contribution in [2.45, 2.75) is 51.4 Å². The van der Waals surface area contributed by atoms with Gasteiger partial charge in [-0.15, -0.1) is 0 Å². The second-order valence-electron chi connectivity index (χ2n) is 10.6. The van der Waals surface area contributed by atoms with E-state index in [0.29, 0.717) is 24.8 Å². The molecule has 0 spiro atoms. The zero-order valence-electron chi connectivity index (χ0n) is 23.5. The Labute approximate surface area is 232 Å². The van der Waals surface area contributed by atoms with E-state index in [1.54, 1.807) is 26.4 Å². The van der Waals surface area contributed by atoms with Gasteiger partial charge in [-0.3, -0.25) is 4.90 Å². The van der Waals surface area contributed by atoms with Gasteiger partial charge in [-0.25, -0.2) is 4.39 Å². The normalized spacial score (nSPS) is 17.4. The summed E-state index contributed by atoms with van der Waals surface area (Å²) in [5, 5.41) is 0. The Morgan fingerprint density at radius 3 is 2.41 bits per heavy atom. The molecule has 1 heterocycles. The number of likely N-dealkylation sites (tertiary alicyclic amines) is 1. The summed E-state index contributed by atoms with van der Waals surface area (Å²) in [4.78, 5) is 4.58. The van der Waals surface area contributed by atoms with Gasteiger partial charge in [0.2, 0.25) is 0 Å². The second kappa shape index (κ2) is 12.7. The van der Waals surface area contributed by atoms with E-state index in [-0.39, 0.29) is 5.82 Å². The predicted octanol–water partition coefficient (Wildman–Crippen LogP) is 7.14. The minimum Gasteiger partial charge on any atom is -0.497 e. The Hall–Kier alpha value is -3.25. The van der Waals surface area contributed by atoms with Crippen LogP contribution in [0.15, 0.2) is 54.6 Å². The lowest BCUT2D eigenvalue weighted by Crippen LogP contribution is -2.33. The standard InChI is InChI=1S/C33H41FN2O3/c1-4-36(27-11-15-33(31(34)22-27)39-19-18-35-16-6-5-7-17-35)32-23-29(38-3)13-14-30(32)26-9-8-25-21-28(37-2)12-10-24(25)20-26/h10-15,21-23,26H,4-9,16-20H2,1-3H3. The Kier molecular flexibility index (Phi) is 8.92. The molecule has 1 saturated heterocycles. The molecule has 1 unspecified atom stereocenters. The summed E-state index contributed by atoms with van der Waals surface area (Å²) in [6, 6.07) is 18.1. The van der Waals surface area contributed by atoms with Crippen molar-refractivity contribution in [3.05, 3.63) is 77.1 Å². The summed E-state index contributed by atoms with van der Waals surface area (Å²) >= 11 is 0. The van der Waals surface area contributed by atoms with Gasteiger partial charge in [0.1, 0.15) is 18.1 Å². The number of rotatable bonds is 10. The number of halogens is 1. The molecule has 2 aliphatic rings. The molecule has 3 aromatic carbocycles. The highest BCUT2D eigenvalue weighted by molar-refractivity contribution is 5.69. The fourth-order valence-electron chi connectivity index (χ4n) is 6.09. The lowest BCUT2D eigenvalue weighted by molar-refractivity contribution is 0.180. The summed E-state index contributed by atoms with van der Waals surface area (Å²) < 4.78 is 32.2. The molecular weight excluding hydrogens is 491 g/mol. The van der Waals surface area contributed by atoms with Gasteiger partial charge < -0.3 is 19.1 Å². The van der Waals surface area contributed by atoms with Crippen molar-refractivity contribution in [1.82, 2.24) is 4.90 Å². The summed E-state index contributed by atoms with van der Waals surface area (Å²) in [7, 11) is 3.41. The first kappa shape index (κ1) is 27.3. The van der Waals surface area contributed by atoms with E-state index in [4.69, 9.17) is 14.2 Å². The van der Waals surface area contributed by atoms with Crippen molar-refractivity contribution in [2.75, 3.05) is 51.9 Å². The van der Waals surface area contributed by atoms with Crippen molar-refractivity contribution in [3.8, 4) is 17.2 Å². The molecule has 0 amide bonds. The monoisotopic (exact) mass is 532 g/mol. The number of aryl methyl sites for hydroxylation is 1. The lowest BCUT2D eigenvalue weighted by Gasteiger charge is -2.32. The molecule has 1 aliphatic carbocycles. The first-order valence-electron chi connectivity index (χ1n) is 14.4. The van der Waals surface area contributed by atoms with Crippen LogP contribution < -0.4 is 19.1 Å². The molecular formula is C33H41FN2O3. The van der Waals surface area contributed by atoms with Gasteiger partial charge in [0, 0.05) is 36.6 Å². The second-order valence-corrected chi connectivity index (χ2v) is 10.6. The zero-order chi connectivity index (χ0) is 27.2. The maximum absolute atomic E-state index is 15.3. The Morgan fingerprint density at radius 2 is 1.67 bits per heavy atom. The molecule has 6 heteroatoms. The number of nitrogens with zero attached hydrogens (tertiary/aromatic N) is 2. The van der Waals surface area contributed by atoms with E-state index in [2.05, 4.69) is 41.0 Å². The van der Waals surface area contributed by atoms with Crippen LogP contribution in [0.1, 0.15) is 55.2 Å². The molecule has 5 nitrogen and oxygen atoms in total. The minimum atomic E-state index is -0.324. The molecule has 1 fully saturated rings. The Morgan fingerprint density at radius 1 is 0.897 bits per heavy atom. The number of piperidine rings is 1. The van der Waals surface area contributed by atoms with Crippen LogP contribution in [0.2, 0.25) is 0 Å². The third kappa shape index (κ3) is 6.33. The van der Waals surface area contributed by atoms with Crippen molar-refractivity contribution in [2.24, 2.45) is 0 Å². The highest BCUT2D eigenvalue weighted by atomic mass is 19.1. The summed E-state index contributed by atoms with van der Waals surface area (Å²) in [5.74, 6) is 2.07. The van der Waals surface area contributed by atoms with Crippen LogP contribution in [0.3, 0.4) is 0 Å². The largest absolute Gasteiger partial charge is 0.497 e. The van der Waals surface area contributed by atoms with E-state index in [1.165, 1.54) is 36.0 Å². The van der Waals surface area contributed by atoms with Crippen molar-refractivity contribution in [1.29, 1.82) is 0 Å². The van der Waals surface area contributed by atoms with E-state index in [0.717, 1.165) is 61.8 Å². The number of fused-ring (bicyclic) bond motifs is 1. The minimum absolute atomic E-state index is 0.317. The first-order chi connectivity index (χ1) is 19.1. The van der Waals surface area contributed by atoms with Crippen LogP contribution in [-0.4, -0.2) is 51.9 Å². The van der Waals surface area contributed by atoms with Gasteiger partial charge in [0.15, 0.2) is 11.6 Å². The molecule has 5 rings (SSSR count). The maximum atomic E-state index is 15.3. The van der Waals surface area contributed by atoms with E-state index < -0.39 is 0 Å². The number of hydrogen-bond donors (Lipinski definition) is 0. The summed E-state index contributed by atoms with van der Waals surface area (Å²) in [6.07, 6.45) is 6.81. The van der Waals surface area contributed by atoms with Crippen LogP contribution in [-0.2, 0) is 12.8 Å². The maximum Gasteiger partial charge on any atom is 0.167 e. The van der Waals surface area contributed by atoms with Crippen molar-refractivity contribution in [3.63, 3.8) is 0 Å². The van der Waals surface area contributed by atoms with E-state index in [1.807, 2.05) is 18.2 Å². The number of methoxy groups -OCH3 is 2. The number of ether oxygens (including phenoxy) is 3. The molecule has 3 aromatic rings. The SMILES string of the molecule is CCN(c1ccc(OCCN2CCCCC2)c(F)c1)c1cc(OC)ccc1C1CCc2cc(OC)ccc2C1. The van der Waals surface area contributed by atoms with Gasteiger partial charge in [-0.1, -0.05) is 18.6 Å². The highest BCUT2D eigenvalue weighted by Gasteiger charge is 2.25. The summed E-state index contributed by atoms with van der Waals surface area (Å²) in [5.41, 5.74) is 5.88. The van der Waals surface area contributed by atoms with Crippen molar-refractivity contribution < 1.29 is 18.6 Å². The van der Waals surface area contributed by atoms with Crippen LogP contribution in [0.25, 0.3) is 0 Å². The predicted molar refractivity (Wildman–Crippen MR) is 156 cm³/mol. The zero-order valence-corrected chi connectivity index (χ0v) is 23.5. The number of hydrogen-bond acceptors (Lipinski definition) is 5. The molecule has 39 heavy (non-hydrogen) atoms. The third-order valence-electron chi connectivity index (χ3n) is 8.27. The van der Waals surface area contributed by atoms with Crippen LogP contribution >= 0.6 is 0 Å².